The Morgan fingerprint density at radius 1 is 1.32 bits per heavy atom. The number of aryl methyl sites for hydroxylation is 1. The highest BCUT2D eigenvalue weighted by atomic mass is 32.2. The van der Waals surface area contributed by atoms with Crippen LogP contribution in [0.2, 0.25) is 0 Å². The molecule has 0 spiro atoms. The number of ether oxygens (including phenoxy) is 1. The molecule has 2 rings (SSSR count). The zero-order valence-corrected chi connectivity index (χ0v) is 13.4. The van der Waals surface area contributed by atoms with E-state index in [9.17, 15) is 13.2 Å². The van der Waals surface area contributed by atoms with E-state index in [0.717, 1.165) is 32.1 Å². The maximum Gasteiger partial charge on any atom is 0.341 e. The van der Waals surface area contributed by atoms with Crippen LogP contribution in [0, 0.1) is 6.92 Å². The zero-order chi connectivity index (χ0) is 16.2. The summed E-state index contributed by atoms with van der Waals surface area (Å²) in [6.07, 6.45) is 5.01. The van der Waals surface area contributed by atoms with Gasteiger partial charge in [0.2, 0.25) is 10.0 Å². The fourth-order valence-electron chi connectivity index (χ4n) is 2.60. The molecule has 1 aliphatic carbocycles. The molecule has 0 atom stereocenters. The number of rotatable bonds is 6. The number of hydrogen-bond donors (Lipinski definition) is 2. The molecule has 1 aliphatic rings. The molecule has 1 fully saturated rings. The van der Waals surface area contributed by atoms with Gasteiger partial charge < -0.3 is 9.84 Å². The Kier molecular flexibility index (Phi) is 5.42. The van der Waals surface area contributed by atoms with Gasteiger partial charge in [-0.3, -0.25) is 0 Å². The lowest BCUT2D eigenvalue weighted by molar-refractivity contribution is -0.139. The monoisotopic (exact) mass is 327 g/mol. The van der Waals surface area contributed by atoms with Crippen LogP contribution in [0.3, 0.4) is 0 Å². The van der Waals surface area contributed by atoms with Crippen LogP contribution in [-0.2, 0) is 14.8 Å². The van der Waals surface area contributed by atoms with Crippen molar-refractivity contribution in [2.24, 2.45) is 0 Å². The van der Waals surface area contributed by atoms with Gasteiger partial charge >= 0.3 is 5.97 Å². The van der Waals surface area contributed by atoms with Crippen molar-refractivity contribution in [3.8, 4) is 5.75 Å². The highest BCUT2D eigenvalue weighted by Crippen LogP contribution is 2.24. The second-order valence-electron chi connectivity index (χ2n) is 5.57. The van der Waals surface area contributed by atoms with Gasteiger partial charge in [0, 0.05) is 6.04 Å². The molecule has 122 valence electrons. The standard InChI is InChI=1S/C15H21NO5S/c1-11-9-13(7-8-14(11)21-10-15(17)18)22(19,20)16-12-5-3-2-4-6-12/h7-9,12,16H,2-6,10H2,1H3,(H,17,18). The quantitative estimate of drug-likeness (QED) is 0.834. The van der Waals surface area contributed by atoms with Crippen molar-refractivity contribution in [2.75, 3.05) is 6.61 Å². The van der Waals surface area contributed by atoms with E-state index in [1.54, 1.807) is 6.92 Å². The summed E-state index contributed by atoms with van der Waals surface area (Å²) in [5.74, 6) is -0.700. The number of hydrogen-bond acceptors (Lipinski definition) is 4. The lowest BCUT2D eigenvalue weighted by Gasteiger charge is -2.22. The second-order valence-corrected chi connectivity index (χ2v) is 7.28. The first-order valence-electron chi connectivity index (χ1n) is 7.36. The molecule has 0 heterocycles. The first-order valence-corrected chi connectivity index (χ1v) is 8.84. The van der Waals surface area contributed by atoms with Crippen molar-refractivity contribution in [3.63, 3.8) is 0 Å². The first kappa shape index (κ1) is 16.8. The van der Waals surface area contributed by atoms with E-state index in [2.05, 4.69) is 4.72 Å². The summed E-state index contributed by atoms with van der Waals surface area (Å²) in [5, 5.41) is 8.60. The van der Waals surface area contributed by atoms with Gasteiger partial charge in [0.15, 0.2) is 6.61 Å². The molecule has 0 bridgehead atoms. The molecule has 7 heteroatoms. The van der Waals surface area contributed by atoms with E-state index in [0.29, 0.717) is 11.3 Å². The van der Waals surface area contributed by atoms with Crippen LogP contribution in [-0.4, -0.2) is 32.1 Å². The van der Waals surface area contributed by atoms with Crippen LogP contribution in [0.15, 0.2) is 23.1 Å². The number of carbonyl (C=O) groups is 1. The third-order valence-corrected chi connectivity index (χ3v) is 5.25. The van der Waals surface area contributed by atoms with E-state index < -0.39 is 22.6 Å². The summed E-state index contributed by atoms with van der Waals surface area (Å²) in [7, 11) is -3.55. The van der Waals surface area contributed by atoms with Gasteiger partial charge in [-0.15, -0.1) is 0 Å². The maximum atomic E-state index is 12.4. The lowest BCUT2D eigenvalue weighted by atomic mass is 9.96. The lowest BCUT2D eigenvalue weighted by Crippen LogP contribution is -2.36. The largest absolute Gasteiger partial charge is 0.482 e. The normalized spacial score (nSPS) is 16.4. The molecule has 0 aliphatic heterocycles. The Balaban J connectivity index is 2.10. The number of sulfonamides is 1. The molecule has 0 saturated heterocycles. The van der Waals surface area contributed by atoms with E-state index >= 15 is 0 Å². The highest BCUT2D eigenvalue weighted by molar-refractivity contribution is 7.89. The van der Waals surface area contributed by atoms with Gasteiger partial charge in [-0.25, -0.2) is 17.9 Å². The van der Waals surface area contributed by atoms with Crippen LogP contribution in [0.4, 0.5) is 0 Å². The third-order valence-electron chi connectivity index (χ3n) is 3.73. The Bertz CT molecular complexity index is 635. The maximum absolute atomic E-state index is 12.4. The molecule has 0 aromatic heterocycles. The minimum Gasteiger partial charge on any atom is -0.482 e. The molecular formula is C15H21NO5S. The first-order chi connectivity index (χ1) is 10.4. The predicted octanol–water partition coefficient (Wildman–Crippen LogP) is 2.07. The summed E-state index contributed by atoms with van der Waals surface area (Å²) >= 11 is 0. The Labute approximate surface area is 130 Å². The molecule has 1 saturated carbocycles. The molecule has 0 unspecified atom stereocenters. The summed E-state index contributed by atoms with van der Waals surface area (Å²) in [6, 6.07) is 4.44. The summed E-state index contributed by atoms with van der Waals surface area (Å²) in [4.78, 5) is 10.7. The van der Waals surface area contributed by atoms with Gasteiger partial charge in [-0.05, 0) is 43.5 Å². The molecule has 22 heavy (non-hydrogen) atoms. The van der Waals surface area contributed by atoms with Crippen molar-refractivity contribution in [2.45, 2.75) is 50.0 Å². The molecule has 1 aromatic carbocycles. The SMILES string of the molecule is Cc1cc(S(=O)(=O)NC2CCCCC2)ccc1OCC(=O)O. The van der Waals surface area contributed by atoms with E-state index in [1.807, 2.05) is 0 Å². The van der Waals surface area contributed by atoms with Crippen LogP contribution in [0.1, 0.15) is 37.7 Å². The van der Waals surface area contributed by atoms with Crippen LogP contribution in [0.25, 0.3) is 0 Å². The van der Waals surface area contributed by atoms with Crippen LogP contribution >= 0.6 is 0 Å². The number of carboxylic acid groups (broad SMARTS) is 1. The highest BCUT2D eigenvalue weighted by Gasteiger charge is 2.22. The number of benzene rings is 1. The Hall–Kier alpha value is -1.60. The van der Waals surface area contributed by atoms with Crippen molar-refractivity contribution >= 4 is 16.0 Å². The van der Waals surface area contributed by atoms with E-state index in [4.69, 9.17) is 9.84 Å². The van der Waals surface area contributed by atoms with Gasteiger partial charge in [-0.1, -0.05) is 19.3 Å². The summed E-state index contributed by atoms with van der Waals surface area (Å²) in [6.45, 7) is 1.24. The fourth-order valence-corrected chi connectivity index (χ4v) is 3.99. The molecule has 0 amide bonds. The number of nitrogens with one attached hydrogen (secondary N) is 1. The molecule has 0 radical (unpaired) electrons. The van der Waals surface area contributed by atoms with Crippen LogP contribution < -0.4 is 9.46 Å². The Morgan fingerprint density at radius 3 is 2.59 bits per heavy atom. The predicted molar refractivity (Wildman–Crippen MR) is 81.5 cm³/mol. The van der Waals surface area contributed by atoms with Crippen LogP contribution in [0.5, 0.6) is 5.75 Å². The van der Waals surface area contributed by atoms with Crippen molar-refractivity contribution in [1.29, 1.82) is 0 Å². The second kappa shape index (κ2) is 7.11. The Morgan fingerprint density at radius 2 is 2.00 bits per heavy atom. The third kappa shape index (κ3) is 4.45. The minimum atomic E-state index is -3.55. The van der Waals surface area contributed by atoms with Crippen molar-refractivity contribution in [3.05, 3.63) is 23.8 Å². The van der Waals surface area contributed by atoms with Crippen molar-refractivity contribution in [1.82, 2.24) is 4.72 Å². The molecule has 1 aromatic rings. The zero-order valence-electron chi connectivity index (χ0n) is 12.5. The minimum absolute atomic E-state index is 0.00185. The van der Waals surface area contributed by atoms with E-state index in [-0.39, 0.29) is 10.9 Å². The van der Waals surface area contributed by atoms with Gasteiger partial charge in [0.25, 0.3) is 0 Å². The van der Waals surface area contributed by atoms with Gasteiger partial charge in [0.1, 0.15) is 5.75 Å². The summed E-state index contributed by atoms with van der Waals surface area (Å²) < 4.78 is 32.6. The summed E-state index contributed by atoms with van der Waals surface area (Å²) in [5.41, 5.74) is 0.591. The topological polar surface area (TPSA) is 92.7 Å². The fraction of sp³-hybridized carbons (Fsp3) is 0.533. The van der Waals surface area contributed by atoms with E-state index in [1.165, 1.54) is 18.2 Å². The van der Waals surface area contributed by atoms with Gasteiger partial charge in [0.05, 0.1) is 4.90 Å². The average Bonchev–Trinajstić information content (AvgIpc) is 2.46. The molecule has 6 nitrogen and oxygen atoms in total. The number of carboxylic acids is 1. The molecular weight excluding hydrogens is 306 g/mol. The van der Waals surface area contributed by atoms with Crippen molar-refractivity contribution < 1.29 is 23.1 Å². The smallest absolute Gasteiger partial charge is 0.341 e. The van der Waals surface area contributed by atoms with Gasteiger partial charge in [-0.2, -0.15) is 0 Å². The number of aliphatic carboxylic acids is 1. The molecule has 2 N–H and O–H groups in total. The average molecular weight is 327 g/mol.